The van der Waals surface area contributed by atoms with E-state index >= 15 is 0 Å². The maximum atomic E-state index is 12.3. The zero-order chi connectivity index (χ0) is 20.8. The highest BCUT2D eigenvalue weighted by Gasteiger charge is 2.13. The monoisotopic (exact) mass is 411 g/mol. The lowest BCUT2D eigenvalue weighted by Crippen LogP contribution is -2.48. The van der Waals surface area contributed by atoms with Gasteiger partial charge in [-0.3, -0.25) is 25.2 Å². The van der Waals surface area contributed by atoms with Crippen LogP contribution in [0, 0.1) is 0 Å². The predicted molar refractivity (Wildman–Crippen MR) is 106 cm³/mol. The van der Waals surface area contributed by atoms with Crippen LogP contribution in [-0.2, 0) is 19.1 Å². The fraction of sp³-hybridized carbons (Fsp3) is 0.444. The first-order valence-electron chi connectivity index (χ1n) is 8.74. The molecule has 2 amide bonds. The molecule has 0 aliphatic carbocycles. The van der Waals surface area contributed by atoms with E-state index in [1.165, 1.54) is 7.11 Å². The maximum Gasteiger partial charge on any atom is 0.306 e. The zero-order valence-electron chi connectivity index (χ0n) is 15.9. The van der Waals surface area contributed by atoms with Crippen molar-refractivity contribution in [1.82, 2.24) is 16.2 Å². The van der Waals surface area contributed by atoms with Gasteiger partial charge in [0.2, 0.25) is 5.91 Å². The van der Waals surface area contributed by atoms with Crippen molar-refractivity contribution >= 4 is 35.1 Å². The lowest BCUT2D eigenvalue weighted by Gasteiger charge is -2.13. The molecule has 0 bridgehead atoms. The Hall–Kier alpha value is -2.72. The van der Waals surface area contributed by atoms with Crippen molar-refractivity contribution in [1.29, 1.82) is 0 Å². The van der Waals surface area contributed by atoms with Crippen molar-refractivity contribution < 1.29 is 28.6 Å². The minimum absolute atomic E-state index is 0.0906. The van der Waals surface area contributed by atoms with E-state index in [0.29, 0.717) is 17.9 Å². The van der Waals surface area contributed by atoms with Gasteiger partial charge in [-0.05, 0) is 30.8 Å². The van der Waals surface area contributed by atoms with Gasteiger partial charge in [0.05, 0.1) is 25.2 Å². The largest absolute Gasteiger partial charge is 0.493 e. The van der Waals surface area contributed by atoms with Gasteiger partial charge < -0.3 is 19.5 Å². The number of benzene rings is 1. The molecule has 154 valence electrons. The van der Waals surface area contributed by atoms with Crippen LogP contribution in [-0.4, -0.2) is 49.8 Å². The Balaban J connectivity index is 2.37. The van der Waals surface area contributed by atoms with Gasteiger partial charge in [0.15, 0.2) is 5.11 Å². The number of nitrogens with one attached hydrogen (secondary N) is 3. The fourth-order valence-corrected chi connectivity index (χ4v) is 2.08. The van der Waals surface area contributed by atoms with Crippen molar-refractivity contribution in [2.75, 3.05) is 26.9 Å². The number of carbonyl (C=O) groups is 3. The number of hydrogen-bond acceptors (Lipinski definition) is 7. The molecule has 0 saturated carbocycles. The van der Waals surface area contributed by atoms with Crippen LogP contribution in [0.15, 0.2) is 24.3 Å². The highest BCUT2D eigenvalue weighted by molar-refractivity contribution is 7.80. The lowest BCUT2D eigenvalue weighted by molar-refractivity contribution is -0.146. The molecule has 1 aromatic rings. The number of esters is 1. The van der Waals surface area contributed by atoms with Crippen LogP contribution in [0.1, 0.15) is 36.5 Å². The molecule has 9 nitrogen and oxygen atoms in total. The molecule has 0 aromatic heterocycles. The Morgan fingerprint density at radius 1 is 1.04 bits per heavy atom. The summed E-state index contributed by atoms with van der Waals surface area (Å²) >= 11 is 4.95. The molecule has 28 heavy (non-hydrogen) atoms. The summed E-state index contributed by atoms with van der Waals surface area (Å²) in [5, 5.41) is 2.26. The Morgan fingerprint density at radius 2 is 1.79 bits per heavy atom. The molecule has 0 unspecified atom stereocenters. The van der Waals surface area contributed by atoms with Gasteiger partial charge in [0, 0.05) is 13.5 Å². The average molecular weight is 411 g/mol. The summed E-state index contributed by atoms with van der Waals surface area (Å²) in [5.41, 5.74) is 5.16. The number of hydrogen-bond donors (Lipinski definition) is 3. The second kappa shape index (κ2) is 13.4. The minimum Gasteiger partial charge on any atom is -0.493 e. The summed E-state index contributed by atoms with van der Waals surface area (Å²) < 4.78 is 15.1. The van der Waals surface area contributed by atoms with E-state index in [-0.39, 0.29) is 31.2 Å². The maximum absolute atomic E-state index is 12.3. The standard InChI is InChI=1S/C18H25N3O6S/c1-3-10-26-14-7-5-4-6-13(14)17(24)20-21-18(28)19-15(22)8-9-16(23)27-12-11-25-2/h4-7H,3,8-12H2,1-2H3,(H,20,24)(H2,19,21,22,28). The first kappa shape index (κ1) is 23.3. The average Bonchev–Trinajstić information content (AvgIpc) is 2.69. The van der Waals surface area contributed by atoms with E-state index in [1.807, 2.05) is 6.92 Å². The van der Waals surface area contributed by atoms with Crippen molar-refractivity contribution in [2.24, 2.45) is 0 Å². The molecule has 0 fully saturated rings. The van der Waals surface area contributed by atoms with E-state index in [9.17, 15) is 14.4 Å². The molecule has 0 aliphatic rings. The summed E-state index contributed by atoms with van der Waals surface area (Å²) in [6.07, 6.45) is 0.617. The number of para-hydroxylation sites is 1. The van der Waals surface area contributed by atoms with Crippen LogP contribution in [0.25, 0.3) is 0 Å². The zero-order valence-corrected chi connectivity index (χ0v) is 16.7. The molecule has 3 N–H and O–H groups in total. The molecular formula is C18H25N3O6S. The predicted octanol–water partition coefficient (Wildman–Crippen LogP) is 1.08. The van der Waals surface area contributed by atoms with Crippen LogP contribution in [0.2, 0.25) is 0 Å². The molecule has 10 heteroatoms. The third kappa shape index (κ3) is 9.28. The highest BCUT2D eigenvalue weighted by atomic mass is 32.1. The second-order valence-electron chi connectivity index (χ2n) is 5.51. The Kier molecular flexibility index (Phi) is 11.2. The third-order valence-electron chi connectivity index (χ3n) is 3.24. The van der Waals surface area contributed by atoms with Crippen molar-refractivity contribution in [2.45, 2.75) is 26.2 Å². The van der Waals surface area contributed by atoms with Crippen LogP contribution in [0.5, 0.6) is 5.75 Å². The molecule has 1 rings (SSSR count). The second-order valence-corrected chi connectivity index (χ2v) is 5.92. The van der Waals surface area contributed by atoms with Gasteiger partial charge in [0.25, 0.3) is 5.91 Å². The van der Waals surface area contributed by atoms with E-state index in [2.05, 4.69) is 16.2 Å². The van der Waals surface area contributed by atoms with Gasteiger partial charge in [0.1, 0.15) is 12.4 Å². The number of carbonyl (C=O) groups excluding carboxylic acids is 3. The van der Waals surface area contributed by atoms with Gasteiger partial charge in [-0.1, -0.05) is 19.1 Å². The summed E-state index contributed by atoms with van der Waals surface area (Å²) in [5.74, 6) is -1.01. The Labute approximate surface area is 169 Å². The molecule has 0 spiro atoms. The van der Waals surface area contributed by atoms with Crippen LogP contribution >= 0.6 is 12.2 Å². The molecule has 1 aromatic carbocycles. The van der Waals surface area contributed by atoms with Gasteiger partial charge in [-0.15, -0.1) is 0 Å². The quantitative estimate of drug-likeness (QED) is 0.227. The minimum atomic E-state index is -0.511. The van der Waals surface area contributed by atoms with Gasteiger partial charge >= 0.3 is 5.97 Å². The van der Waals surface area contributed by atoms with Crippen LogP contribution in [0.4, 0.5) is 0 Å². The first-order chi connectivity index (χ1) is 13.5. The van der Waals surface area contributed by atoms with E-state index in [4.69, 9.17) is 26.4 Å². The van der Waals surface area contributed by atoms with Crippen LogP contribution in [0.3, 0.4) is 0 Å². The third-order valence-corrected chi connectivity index (χ3v) is 3.45. The van der Waals surface area contributed by atoms with Crippen molar-refractivity contribution in [3.63, 3.8) is 0 Å². The number of methoxy groups -OCH3 is 1. The number of rotatable bonds is 10. The molecular weight excluding hydrogens is 386 g/mol. The summed E-state index contributed by atoms with van der Waals surface area (Å²) in [7, 11) is 1.49. The molecule has 0 heterocycles. The van der Waals surface area contributed by atoms with Gasteiger partial charge in [-0.25, -0.2) is 0 Å². The van der Waals surface area contributed by atoms with E-state index < -0.39 is 17.8 Å². The normalized spacial score (nSPS) is 9.93. The smallest absolute Gasteiger partial charge is 0.306 e. The molecule has 0 atom stereocenters. The van der Waals surface area contributed by atoms with Gasteiger partial charge in [-0.2, -0.15) is 0 Å². The number of hydrazine groups is 1. The summed E-state index contributed by atoms with van der Waals surface area (Å²) in [4.78, 5) is 35.4. The van der Waals surface area contributed by atoms with E-state index in [1.54, 1.807) is 24.3 Å². The SMILES string of the molecule is CCCOc1ccccc1C(=O)NNC(=S)NC(=O)CCC(=O)OCCOC. The first-order valence-corrected chi connectivity index (χ1v) is 9.15. The topological polar surface area (TPSA) is 115 Å². The molecule has 0 radical (unpaired) electrons. The molecule has 0 aliphatic heterocycles. The Bertz CT molecular complexity index is 683. The number of amides is 2. The van der Waals surface area contributed by atoms with E-state index in [0.717, 1.165) is 6.42 Å². The summed E-state index contributed by atoms with van der Waals surface area (Å²) in [6, 6.07) is 6.77. The number of thiocarbonyl (C=S) groups is 1. The molecule has 0 saturated heterocycles. The lowest BCUT2D eigenvalue weighted by atomic mass is 10.2. The number of ether oxygens (including phenoxy) is 3. The summed E-state index contributed by atoms with van der Waals surface area (Å²) in [6.45, 7) is 2.87. The van der Waals surface area contributed by atoms with Crippen molar-refractivity contribution in [3.05, 3.63) is 29.8 Å². The fourth-order valence-electron chi connectivity index (χ4n) is 1.92. The highest BCUT2D eigenvalue weighted by Crippen LogP contribution is 2.17. The Morgan fingerprint density at radius 3 is 2.50 bits per heavy atom. The van der Waals surface area contributed by atoms with Crippen LogP contribution < -0.4 is 20.9 Å². The van der Waals surface area contributed by atoms with Crippen molar-refractivity contribution in [3.8, 4) is 5.75 Å².